The molecule has 3 nitrogen and oxygen atoms in total. The molecule has 3 heteroatoms. The van der Waals surface area contributed by atoms with Gasteiger partial charge in [0, 0.05) is 32.2 Å². The Hall–Kier alpha value is -1.35. The summed E-state index contributed by atoms with van der Waals surface area (Å²) < 4.78 is 0. The van der Waals surface area contributed by atoms with Crippen molar-refractivity contribution in [3.8, 4) is 0 Å². The van der Waals surface area contributed by atoms with E-state index in [0.29, 0.717) is 6.04 Å². The molecule has 0 saturated carbocycles. The van der Waals surface area contributed by atoms with Crippen LogP contribution in [0, 0.1) is 0 Å². The Morgan fingerprint density at radius 2 is 1.88 bits per heavy atom. The topological polar surface area (TPSA) is 32.3 Å². The highest BCUT2D eigenvalue weighted by atomic mass is 16.2. The Bertz CT molecular complexity index is 343. The van der Waals surface area contributed by atoms with Crippen molar-refractivity contribution in [2.75, 3.05) is 11.9 Å². The van der Waals surface area contributed by atoms with Crippen molar-refractivity contribution in [3.05, 3.63) is 29.8 Å². The first-order valence-corrected chi connectivity index (χ1v) is 5.57. The number of anilines is 1. The molecule has 0 fully saturated rings. The van der Waals surface area contributed by atoms with E-state index in [1.165, 1.54) is 5.56 Å². The number of benzene rings is 1. The molecule has 0 aliphatic rings. The van der Waals surface area contributed by atoms with Crippen molar-refractivity contribution >= 4 is 11.6 Å². The van der Waals surface area contributed by atoms with Crippen LogP contribution < -0.4 is 10.2 Å². The van der Waals surface area contributed by atoms with Crippen molar-refractivity contribution in [2.24, 2.45) is 0 Å². The van der Waals surface area contributed by atoms with E-state index >= 15 is 0 Å². The lowest BCUT2D eigenvalue weighted by Crippen LogP contribution is -2.23. The van der Waals surface area contributed by atoms with Gasteiger partial charge in [0.1, 0.15) is 0 Å². The Balaban J connectivity index is 2.64. The van der Waals surface area contributed by atoms with Crippen molar-refractivity contribution < 1.29 is 4.79 Å². The van der Waals surface area contributed by atoms with Crippen LogP contribution in [0.5, 0.6) is 0 Å². The zero-order valence-electron chi connectivity index (χ0n) is 10.4. The lowest BCUT2D eigenvalue weighted by Gasteiger charge is -2.15. The van der Waals surface area contributed by atoms with E-state index in [1.54, 1.807) is 18.9 Å². The van der Waals surface area contributed by atoms with Gasteiger partial charge in [-0.05, 0) is 17.7 Å². The fraction of sp³-hybridized carbons (Fsp3) is 0.462. The van der Waals surface area contributed by atoms with Crippen LogP contribution >= 0.6 is 0 Å². The Morgan fingerprint density at radius 1 is 1.31 bits per heavy atom. The summed E-state index contributed by atoms with van der Waals surface area (Å²) >= 11 is 0. The number of nitrogens with zero attached hydrogens (tertiary/aromatic N) is 1. The first-order valence-electron chi connectivity index (χ1n) is 5.57. The minimum atomic E-state index is 0.0491. The van der Waals surface area contributed by atoms with Crippen LogP contribution in [0.1, 0.15) is 26.3 Å². The van der Waals surface area contributed by atoms with Gasteiger partial charge in [0.25, 0.3) is 0 Å². The molecule has 0 atom stereocenters. The smallest absolute Gasteiger partial charge is 0.223 e. The summed E-state index contributed by atoms with van der Waals surface area (Å²) in [5, 5.41) is 3.35. The van der Waals surface area contributed by atoms with Gasteiger partial charge < -0.3 is 10.2 Å². The van der Waals surface area contributed by atoms with Gasteiger partial charge in [0.15, 0.2) is 0 Å². The molecule has 0 saturated heterocycles. The third-order valence-corrected chi connectivity index (χ3v) is 2.51. The van der Waals surface area contributed by atoms with Gasteiger partial charge >= 0.3 is 0 Å². The van der Waals surface area contributed by atoms with Crippen LogP contribution in [0.25, 0.3) is 0 Å². The summed E-state index contributed by atoms with van der Waals surface area (Å²) in [7, 11) is 1.78. The van der Waals surface area contributed by atoms with Crippen molar-refractivity contribution in [3.63, 3.8) is 0 Å². The summed E-state index contributed by atoms with van der Waals surface area (Å²) in [6, 6.07) is 8.52. The first kappa shape index (κ1) is 12.7. The van der Waals surface area contributed by atoms with Crippen molar-refractivity contribution in [2.45, 2.75) is 33.4 Å². The van der Waals surface area contributed by atoms with Crippen LogP contribution in [0.3, 0.4) is 0 Å². The second-order valence-electron chi connectivity index (χ2n) is 4.28. The molecule has 1 rings (SSSR count). The van der Waals surface area contributed by atoms with Gasteiger partial charge in [0.05, 0.1) is 0 Å². The average molecular weight is 220 g/mol. The molecule has 1 N–H and O–H groups in total. The van der Waals surface area contributed by atoms with E-state index in [1.807, 2.05) is 24.3 Å². The number of amides is 1. The maximum absolute atomic E-state index is 11.2. The molecule has 0 aromatic heterocycles. The zero-order valence-corrected chi connectivity index (χ0v) is 10.4. The predicted molar refractivity (Wildman–Crippen MR) is 67.5 cm³/mol. The molecule has 1 aromatic carbocycles. The molecular formula is C13H20N2O. The van der Waals surface area contributed by atoms with Crippen LogP contribution in [0.2, 0.25) is 0 Å². The van der Waals surface area contributed by atoms with Crippen LogP contribution in [0.15, 0.2) is 24.3 Å². The summed E-state index contributed by atoms with van der Waals surface area (Å²) in [6.45, 7) is 6.67. The predicted octanol–water partition coefficient (Wildman–Crippen LogP) is 2.17. The third-order valence-electron chi connectivity index (χ3n) is 2.51. The molecule has 0 heterocycles. The highest BCUT2D eigenvalue weighted by molar-refractivity contribution is 5.90. The van der Waals surface area contributed by atoms with Gasteiger partial charge in [-0.3, -0.25) is 4.79 Å². The van der Waals surface area contributed by atoms with Crippen molar-refractivity contribution in [1.82, 2.24) is 5.32 Å². The molecule has 16 heavy (non-hydrogen) atoms. The second-order valence-corrected chi connectivity index (χ2v) is 4.28. The SMILES string of the molecule is CC(=O)N(C)c1ccc(CNC(C)C)cc1. The minimum absolute atomic E-state index is 0.0491. The summed E-state index contributed by atoms with van der Waals surface area (Å²) in [5.74, 6) is 0.0491. The number of rotatable bonds is 4. The van der Waals surface area contributed by atoms with Crippen molar-refractivity contribution in [1.29, 1.82) is 0 Å². The Labute approximate surface area is 97.5 Å². The largest absolute Gasteiger partial charge is 0.316 e. The van der Waals surface area contributed by atoms with E-state index in [2.05, 4.69) is 19.2 Å². The van der Waals surface area contributed by atoms with Crippen LogP contribution in [-0.4, -0.2) is 19.0 Å². The fourth-order valence-electron chi connectivity index (χ4n) is 1.34. The number of carbonyl (C=O) groups excluding carboxylic acids is 1. The number of hydrogen-bond donors (Lipinski definition) is 1. The quantitative estimate of drug-likeness (QED) is 0.843. The third kappa shape index (κ3) is 3.66. The van der Waals surface area contributed by atoms with E-state index in [9.17, 15) is 4.79 Å². The molecule has 0 bridgehead atoms. The van der Waals surface area contributed by atoms with Gasteiger partial charge in [-0.2, -0.15) is 0 Å². The fourth-order valence-corrected chi connectivity index (χ4v) is 1.34. The highest BCUT2D eigenvalue weighted by Gasteiger charge is 2.04. The van der Waals surface area contributed by atoms with E-state index in [0.717, 1.165) is 12.2 Å². The van der Waals surface area contributed by atoms with Gasteiger partial charge in [-0.25, -0.2) is 0 Å². The highest BCUT2D eigenvalue weighted by Crippen LogP contribution is 2.13. The van der Waals surface area contributed by atoms with Gasteiger partial charge in [-0.15, -0.1) is 0 Å². The van der Waals surface area contributed by atoms with E-state index < -0.39 is 0 Å². The zero-order chi connectivity index (χ0) is 12.1. The normalized spacial score (nSPS) is 10.6. The molecule has 0 spiro atoms. The molecule has 0 radical (unpaired) electrons. The first-order chi connectivity index (χ1) is 7.50. The van der Waals surface area contributed by atoms with Gasteiger partial charge in [-0.1, -0.05) is 26.0 Å². The number of nitrogens with one attached hydrogen (secondary N) is 1. The lowest BCUT2D eigenvalue weighted by atomic mass is 10.2. The molecule has 1 aromatic rings. The maximum atomic E-state index is 11.2. The Morgan fingerprint density at radius 3 is 2.31 bits per heavy atom. The Kier molecular flexibility index (Phi) is 4.50. The average Bonchev–Trinajstić information content (AvgIpc) is 2.26. The molecular weight excluding hydrogens is 200 g/mol. The molecule has 1 amide bonds. The second kappa shape index (κ2) is 5.66. The number of hydrogen-bond acceptors (Lipinski definition) is 2. The van der Waals surface area contributed by atoms with E-state index in [4.69, 9.17) is 0 Å². The standard InChI is InChI=1S/C13H20N2O/c1-10(2)14-9-12-5-7-13(8-6-12)15(4)11(3)16/h5-8,10,14H,9H2,1-4H3. The number of carbonyl (C=O) groups is 1. The molecule has 0 aliphatic heterocycles. The minimum Gasteiger partial charge on any atom is -0.316 e. The summed E-state index contributed by atoms with van der Waals surface area (Å²) in [4.78, 5) is 12.8. The van der Waals surface area contributed by atoms with Crippen LogP contribution in [0.4, 0.5) is 5.69 Å². The molecule has 0 unspecified atom stereocenters. The van der Waals surface area contributed by atoms with Crippen LogP contribution in [-0.2, 0) is 11.3 Å². The van der Waals surface area contributed by atoms with E-state index in [-0.39, 0.29) is 5.91 Å². The lowest BCUT2D eigenvalue weighted by molar-refractivity contribution is -0.116. The monoisotopic (exact) mass is 220 g/mol. The summed E-state index contributed by atoms with van der Waals surface area (Å²) in [5.41, 5.74) is 2.16. The van der Waals surface area contributed by atoms with Gasteiger partial charge in [0.2, 0.25) is 5.91 Å². The summed E-state index contributed by atoms with van der Waals surface area (Å²) in [6.07, 6.45) is 0. The molecule has 88 valence electrons. The maximum Gasteiger partial charge on any atom is 0.223 e. The molecule has 0 aliphatic carbocycles.